The highest BCUT2D eigenvalue weighted by Crippen LogP contribution is 2.42. The molecule has 33 heavy (non-hydrogen) atoms. The van der Waals surface area contributed by atoms with E-state index in [4.69, 9.17) is 4.74 Å². The van der Waals surface area contributed by atoms with E-state index in [1.54, 1.807) is 18.2 Å². The molecule has 0 aliphatic carbocycles. The summed E-state index contributed by atoms with van der Waals surface area (Å²) in [6.45, 7) is 3.62. The van der Waals surface area contributed by atoms with Crippen molar-refractivity contribution in [2.75, 3.05) is 38.6 Å². The lowest BCUT2D eigenvalue weighted by atomic mass is 9.93. The van der Waals surface area contributed by atoms with Crippen molar-refractivity contribution in [1.29, 1.82) is 0 Å². The summed E-state index contributed by atoms with van der Waals surface area (Å²) in [6.07, 6.45) is 4.69. The van der Waals surface area contributed by atoms with Crippen molar-refractivity contribution >= 4 is 17.3 Å². The van der Waals surface area contributed by atoms with Crippen LogP contribution >= 0.6 is 0 Å². The van der Waals surface area contributed by atoms with Crippen LogP contribution in [0.2, 0.25) is 0 Å². The normalized spacial score (nSPS) is 17.8. The number of aromatic nitrogens is 2. The fraction of sp³-hybridized carbons (Fsp3) is 0.333. The molecule has 1 amide bonds. The Labute approximate surface area is 190 Å². The van der Waals surface area contributed by atoms with E-state index < -0.39 is 11.6 Å². The second-order valence-corrected chi connectivity index (χ2v) is 8.36. The zero-order valence-electron chi connectivity index (χ0n) is 18.3. The average molecular weight is 453 g/mol. The van der Waals surface area contributed by atoms with Crippen LogP contribution in [0, 0.1) is 11.6 Å². The average Bonchev–Trinajstić information content (AvgIpc) is 3.15. The molecule has 1 saturated heterocycles. The first-order valence-electron chi connectivity index (χ1n) is 11.0. The zero-order chi connectivity index (χ0) is 22.9. The van der Waals surface area contributed by atoms with Gasteiger partial charge in [-0.2, -0.15) is 0 Å². The molecule has 0 unspecified atom stereocenters. The summed E-state index contributed by atoms with van der Waals surface area (Å²) in [7, 11) is 1.37. The molecule has 0 spiro atoms. The summed E-state index contributed by atoms with van der Waals surface area (Å²) < 4.78 is 34.3. The molecule has 3 N–H and O–H groups in total. The SMILES string of the molecule is COc1c(F)cccc1Nc1c(-c2ccncc2F)[nH]c2c1C(=O)NC[C@H]2CCN1CCC1. The van der Waals surface area contributed by atoms with Gasteiger partial charge in [-0.3, -0.25) is 9.78 Å². The number of methoxy groups -OCH3 is 1. The van der Waals surface area contributed by atoms with Gasteiger partial charge in [-0.25, -0.2) is 8.78 Å². The van der Waals surface area contributed by atoms with E-state index in [0.29, 0.717) is 29.2 Å². The molecule has 0 saturated carbocycles. The molecule has 2 aliphatic heterocycles. The molecular formula is C24H25F2N5O2. The Hall–Kier alpha value is -3.46. The van der Waals surface area contributed by atoms with Crippen molar-refractivity contribution in [3.8, 4) is 17.0 Å². The number of likely N-dealkylation sites (tertiary alicyclic amines) is 1. The van der Waals surface area contributed by atoms with Gasteiger partial charge < -0.3 is 25.3 Å². The molecule has 2 aliphatic rings. The number of aromatic amines is 1. The minimum Gasteiger partial charge on any atom is -0.492 e. The third-order valence-electron chi connectivity index (χ3n) is 6.39. The van der Waals surface area contributed by atoms with Crippen LogP contribution in [0.5, 0.6) is 5.75 Å². The summed E-state index contributed by atoms with van der Waals surface area (Å²) in [5, 5.41) is 6.12. The second kappa shape index (κ2) is 8.82. The predicted octanol–water partition coefficient (Wildman–Crippen LogP) is 4.03. The fourth-order valence-electron chi connectivity index (χ4n) is 4.51. The number of para-hydroxylation sites is 1. The van der Waals surface area contributed by atoms with Crippen LogP contribution in [0.25, 0.3) is 11.3 Å². The fourth-order valence-corrected chi connectivity index (χ4v) is 4.51. The number of hydrogen-bond acceptors (Lipinski definition) is 5. The highest BCUT2D eigenvalue weighted by Gasteiger charge is 2.34. The lowest BCUT2D eigenvalue weighted by Gasteiger charge is -2.33. The smallest absolute Gasteiger partial charge is 0.255 e. The third kappa shape index (κ3) is 3.93. The highest BCUT2D eigenvalue weighted by atomic mass is 19.1. The van der Waals surface area contributed by atoms with Crippen LogP contribution < -0.4 is 15.4 Å². The minimum atomic E-state index is -0.541. The molecule has 5 rings (SSSR count). The van der Waals surface area contributed by atoms with Gasteiger partial charge in [0.1, 0.15) is 0 Å². The monoisotopic (exact) mass is 453 g/mol. The van der Waals surface area contributed by atoms with Gasteiger partial charge in [0.2, 0.25) is 0 Å². The van der Waals surface area contributed by atoms with Gasteiger partial charge in [0, 0.05) is 29.9 Å². The van der Waals surface area contributed by atoms with Crippen LogP contribution in [0.15, 0.2) is 36.7 Å². The van der Waals surface area contributed by atoms with Gasteiger partial charge in [0.05, 0.1) is 35.9 Å². The standard InChI is InChI=1S/C24H25F2N5O2/c1-33-23-16(25)4-2-5-18(23)29-22-19-20(30-21(22)15-6-8-27-13-17(15)26)14(12-28-24(19)32)7-11-31-9-3-10-31/h2,4-6,8,13-14,29-30H,3,7,9-12H2,1H3,(H,28,32)/t14-/m1/s1. The number of nitrogens with one attached hydrogen (secondary N) is 3. The third-order valence-corrected chi connectivity index (χ3v) is 6.39. The maximum Gasteiger partial charge on any atom is 0.255 e. The predicted molar refractivity (Wildman–Crippen MR) is 121 cm³/mol. The molecule has 7 nitrogen and oxygen atoms in total. The Balaban J connectivity index is 1.62. The summed E-state index contributed by atoms with van der Waals surface area (Å²) in [4.78, 5) is 22.5. The number of H-pyrrole nitrogens is 1. The van der Waals surface area contributed by atoms with Gasteiger partial charge >= 0.3 is 0 Å². The number of hydrogen-bond donors (Lipinski definition) is 3. The molecule has 1 aromatic carbocycles. The molecule has 1 atom stereocenters. The Bertz CT molecular complexity index is 1190. The number of anilines is 2. The van der Waals surface area contributed by atoms with Crippen molar-refractivity contribution in [3.05, 3.63) is 59.6 Å². The Morgan fingerprint density at radius 3 is 2.82 bits per heavy atom. The molecular weight excluding hydrogens is 428 g/mol. The lowest BCUT2D eigenvalue weighted by molar-refractivity contribution is 0.0936. The van der Waals surface area contributed by atoms with Gasteiger partial charge in [-0.1, -0.05) is 6.07 Å². The van der Waals surface area contributed by atoms with Crippen LogP contribution in [0.1, 0.15) is 34.8 Å². The maximum absolute atomic E-state index is 14.8. The Morgan fingerprint density at radius 1 is 1.24 bits per heavy atom. The van der Waals surface area contributed by atoms with Gasteiger partial charge in [0.25, 0.3) is 5.91 Å². The Morgan fingerprint density at radius 2 is 2.09 bits per heavy atom. The topological polar surface area (TPSA) is 82.3 Å². The van der Waals surface area contributed by atoms with Crippen molar-refractivity contribution in [3.63, 3.8) is 0 Å². The largest absolute Gasteiger partial charge is 0.492 e. The first-order valence-corrected chi connectivity index (χ1v) is 11.0. The first kappa shape index (κ1) is 21.4. The van der Waals surface area contributed by atoms with E-state index in [9.17, 15) is 13.6 Å². The minimum absolute atomic E-state index is 0.0131. The summed E-state index contributed by atoms with van der Waals surface area (Å²) >= 11 is 0. The number of benzene rings is 1. The van der Waals surface area contributed by atoms with E-state index >= 15 is 0 Å². The number of rotatable bonds is 7. The van der Waals surface area contributed by atoms with E-state index in [-0.39, 0.29) is 23.1 Å². The molecule has 4 heterocycles. The van der Waals surface area contributed by atoms with Crippen LogP contribution in [0.4, 0.5) is 20.2 Å². The van der Waals surface area contributed by atoms with Crippen LogP contribution in [-0.4, -0.2) is 54.1 Å². The number of nitrogens with zero attached hydrogens (tertiary/aromatic N) is 2. The molecule has 9 heteroatoms. The molecule has 172 valence electrons. The summed E-state index contributed by atoms with van der Waals surface area (Å²) in [6, 6.07) is 6.03. The Kier molecular flexibility index (Phi) is 5.72. The van der Waals surface area contributed by atoms with Crippen LogP contribution in [0.3, 0.4) is 0 Å². The van der Waals surface area contributed by atoms with E-state index in [1.165, 1.54) is 25.8 Å². The number of carbonyl (C=O) groups excluding carboxylic acids is 1. The molecule has 3 aromatic rings. The van der Waals surface area contributed by atoms with E-state index in [0.717, 1.165) is 37.9 Å². The molecule has 0 bridgehead atoms. The summed E-state index contributed by atoms with van der Waals surface area (Å²) in [5.74, 6) is -1.27. The molecule has 2 aromatic heterocycles. The number of pyridine rings is 1. The van der Waals surface area contributed by atoms with Crippen molar-refractivity contribution in [1.82, 2.24) is 20.2 Å². The summed E-state index contributed by atoms with van der Waals surface area (Å²) in [5.41, 5.74) is 2.56. The number of fused-ring (bicyclic) bond motifs is 1. The molecule has 1 fully saturated rings. The van der Waals surface area contributed by atoms with Gasteiger partial charge in [-0.15, -0.1) is 0 Å². The van der Waals surface area contributed by atoms with Crippen LogP contribution in [-0.2, 0) is 0 Å². The highest BCUT2D eigenvalue weighted by molar-refractivity contribution is 6.06. The number of halogens is 2. The van der Waals surface area contributed by atoms with Crippen molar-refractivity contribution < 1.29 is 18.3 Å². The number of ether oxygens (including phenoxy) is 1. The van der Waals surface area contributed by atoms with E-state index in [2.05, 4.69) is 25.5 Å². The molecule has 0 radical (unpaired) electrons. The van der Waals surface area contributed by atoms with E-state index in [1.807, 2.05) is 0 Å². The lowest BCUT2D eigenvalue weighted by Crippen LogP contribution is -2.40. The van der Waals surface area contributed by atoms with Gasteiger partial charge in [0.15, 0.2) is 17.4 Å². The zero-order valence-corrected chi connectivity index (χ0v) is 18.3. The van der Waals surface area contributed by atoms with Crippen molar-refractivity contribution in [2.24, 2.45) is 0 Å². The quantitative estimate of drug-likeness (QED) is 0.503. The maximum atomic E-state index is 14.8. The number of carbonyl (C=O) groups is 1. The van der Waals surface area contributed by atoms with Crippen molar-refractivity contribution in [2.45, 2.75) is 18.8 Å². The van der Waals surface area contributed by atoms with Gasteiger partial charge in [-0.05, 0) is 50.7 Å². The number of amides is 1. The first-order chi connectivity index (χ1) is 16.1. The second-order valence-electron chi connectivity index (χ2n) is 8.36.